The van der Waals surface area contributed by atoms with Crippen LogP contribution in [0.4, 0.5) is 4.79 Å². The summed E-state index contributed by atoms with van der Waals surface area (Å²) in [5, 5.41) is 4.14. The van der Waals surface area contributed by atoms with E-state index >= 15 is 0 Å². The van der Waals surface area contributed by atoms with Gasteiger partial charge >= 0.3 is 6.03 Å². The van der Waals surface area contributed by atoms with E-state index in [0.29, 0.717) is 12.5 Å². The molecule has 2 aliphatic rings. The number of fused-ring (bicyclic) bond motifs is 1. The quantitative estimate of drug-likeness (QED) is 0.940. The van der Waals surface area contributed by atoms with Gasteiger partial charge in [0.05, 0.1) is 22.9 Å². The van der Waals surface area contributed by atoms with Gasteiger partial charge in [-0.15, -0.1) is 11.3 Å². The van der Waals surface area contributed by atoms with Crippen molar-refractivity contribution < 1.29 is 9.53 Å². The van der Waals surface area contributed by atoms with Crippen molar-refractivity contribution in [2.45, 2.75) is 25.3 Å². The molecule has 0 bridgehead atoms. The summed E-state index contributed by atoms with van der Waals surface area (Å²) >= 11 is 1.71. The minimum absolute atomic E-state index is 0.0404. The third kappa shape index (κ3) is 3.05. The predicted octanol–water partition coefficient (Wildman–Crippen LogP) is 3.18. The number of thiazole rings is 1. The molecular weight excluding hydrogens is 310 g/mol. The van der Waals surface area contributed by atoms with Crippen molar-refractivity contribution in [2.24, 2.45) is 5.92 Å². The maximum absolute atomic E-state index is 12.6. The van der Waals surface area contributed by atoms with Crippen LogP contribution in [0.5, 0.6) is 0 Å². The molecule has 3 heterocycles. The summed E-state index contributed by atoms with van der Waals surface area (Å²) < 4.78 is 6.56. The minimum Gasteiger partial charge on any atom is -0.381 e. The zero-order valence-electron chi connectivity index (χ0n) is 13.0. The highest BCUT2D eigenvalue weighted by molar-refractivity contribution is 7.18. The zero-order valence-corrected chi connectivity index (χ0v) is 13.8. The van der Waals surface area contributed by atoms with Gasteiger partial charge in [-0.1, -0.05) is 12.1 Å². The van der Waals surface area contributed by atoms with Gasteiger partial charge in [-0.3, -0.25) is 0 Å². The Bertz CT molecular complexity index is 663. The van der Waals surface area contributed by atoms with E-state index in [4.69, 9.17) is 9.72 Å². The Hall–Kier alpha value is -1.66. The summed E-state index contributed by atoms with van der Waals surface area (Å²) in [4.78, 5) is 19.2. The molecule has 2 aromatic rings. The number of rotatable bonds is 3. The number of nitrogens with zero attached hydrogens (tertiary/aromatic N) is 2. The standard InChI is InChI=1S/C17H21N3O2S/c21-17(18-10-12-7-9-22-11-12)20-8-3-5-14(20)16-19-13-4-1-2-6-15(13)23-16/h1-2,4,6,12,14H,3,5,7-11H2,(H,18,21)/t12-,14-/m1/s1. The fraction of sp³-hybridized carbons (Fsp3) is 0.529. The van der Waals surface area contributed by atoms with Crippen LogP contribution in [0.25, 0.3) is 10.2 Å². The highest BCUT2D eigenvalue weighted by Crippen LogP contribution is 2.36. The SMILES string of the molecule is O=C(NC[C@H]1CCOC1)N1CCC[C@@H]1c1nc2ccccc2s1. The lowest BCUT2D eigenvalue weighted by Crippen LogP contribution is -2.41. The summed E-state index contributed by atoms with van der Waals surface area (Å²) in [5.74, 6) is 0.461. The van der Waals surface area contributed by atoms with Crippen LogP contribution in [0.15, 0.2) is 24.3 Å². The van der Waals surface area contributed by atoms with Gasteiger partial charge in [0.15, 0.2) is 0 Å². The second-order valence-electron chi connectivity index (χ2n) is 6.29. The van der Waals surface area contributed by atoms with Crippen LogP contribution in [0.2, 0.25) is 0 Å². The molecule has 2 aliphatic heterocycles. The molecule has 2 fully saturated rings. The first-order chi connectivity index (χ1) is 11.3. The van der Waals surface area contributed by atoms with Gasteiger partial charge < -0.3 is 15.0 Å². The molecule has 0 radical (unpaired) electrons. The number of hydrogen-bond donors (Lipinski definition) is 1. The molecule has 5 nitrogen and oxygen atoms in total. The lowest BCUT2D eigenvalue weighted by molar-refractivity contribution is 0.179. The van der Waals surface area contributed by atoms with Crippen LogP contribution in [-0.2, 0) is 4.74 Å². The number of benzene rings is 1. The number of hydrogen-bond acceptors (Lipinski definition) is 4. The molecule has 122 valence electrons. The maximum atomic E-state index is 12.6. The van der Waals surface area contributed by atoms with Crippen LogP contribution in [0.3, 0.4) is 0 Å². The molecule has 4 rings (SSSR count). The molecule has 0 unspecified atom stereocenters. The van der Waals surface area contributed by atoms with Gasteiger partial charge in [-0.05, 0) is 31.4 Å². The van der Waals surface area contributed by atoms with E-state index < -0.39 is 0 Å². The third-order valence-corrected chi connectivity index (χ3v) is 5.81. The number of likely N-dealkylation sites (tertiary alicyclic amines) is 1. The number of nitrogens with one attached hydrogen (secondary N) is 1. The van der Waals surface area contributed by atoms with E-state index in [0.717, 1.165) is 49.5 Å². The molecule has 2 saturated heterocycles. The van der Waals surface area contributed by atoms with Crippen LogP contribution in [0.1, 0.15) is 30.3 Å². The number of para-hydroxylation sites is 1. The van der Waals surface area contributed by atoms with Gasteiger partial charge in [0.2, 0.25) is 0 Å². The number of carbonyl (C=O) groups is 1. The molecule has 1 aromatic carbocycles. The van der Waals surface area contributed by atoms with Crippen molar-refractivity contribution in [3.63, 3.8) is 0 Å². The monoisotopic (exact) mass is 331 g/mol. The highest BCUT2D eigenvalue weighted by atomic mass is 32.1. The minimum atomic E-state index is 0.0404. The van der Waals surface area contributed by atoms with Gasteiger partial charge in [-0.2, -0.15) is 0 Å². The molecule has 0 aliphatic carbocycles. The van der Waals surface area contributed by atoms with Crippen LogP contribution >= 0.6 is 11.3 Å². The largest absolute Gasteiger partial charge is 0.381 e. The predicted molar refractivity (Wildman–Crippen MR) is 90.6 cm³/mol. The number of carbonyl (C=O) groups excluding carboxylic acids is 1. The summed E-state index contributed by atoms with van der Waals surface area (Å²) in [7, 11) is 0. The summed E-state index contributed by atoms with van der Waals surface area (Å²) in [6.07, 6.45) is 3.09. The van der Waals surface area contributed by atoms with Crippen molar-refractivity contribution in [1.29, 1.82) is 0 Å². The average molecular weight is 331 g/mol. The molecule has 0 saturated carbocycles. The topological polar surface area (TPSA) is 54.5 Å². The Morgan fingerprint density at radius 2 is 2.30 bits per heavy atom. The second kappa shape index (κ2) is 6.45. The van der Waals surface area contributed by atoms with Gasteiger partial charge in [0.25, 0.3) is 0 Å². The fourth-order valence-corrected chi connectivity index (χ4v) is 4.49. The summed E-state index contributed by atoms with van der Waals surface area (Å²) in [6, 6.07) is 8.33. The van der Waals surface area contributed by atoms with E-state index in [1.54, 1.807) is 11.3 Å². The Kier molecular flexibility index (Phi) is 4.18. The van der Waals surface area contributed by atoms with E-state index in [9.17, 15) is 4.79 Å². The first-order valence-electron chi connectivity index (χ1n) is 8.29. The zero-order chi connectivity index (χ0) is 15.6. The van der Waals surface area contributed by atoms with E-state index in [-0.39, 0.29) is 12.1 Å². The van der Waals surface area contributed by atoms with Gasteiger partial charge in [-0.25, -0.2) is 9.78 Å². The Balaban J connectivity index is 1.46. The van der Waals surface area contributed by atoms with Crippen LogP contribution < -0.4 is 5.32 Å². The number of aromatic nitrogens is 1. The van der Waals surface area contributed by atoms with Crippen LogP contribution in [0, 0.1) is 5.92 Å². The lowest BCUT2D eigenvalue weighted by atomic mass is 10.1. The van der Waals surface area contributed by atoms with Crippen molar-refractivity contribution >= 4 is 27.6 Å². The van der Waals surface area contributed by atoms with Gasteiger partial charge in [0, 0.05) is 25.6 Å². The Labute approximate surface area is 139 Å². The van der Waals surface area contributed by atoms with Crippen molar-refractivity contribution in [1.82, 2.24) is 15.2 Å². The first kappa shape index (κ1) is 14.9. The summed E-state index contributed by atoms with van der Waals surface area (Å²) in [5.41, 5.74) is 1.03. The van der Waals surface area contributed by atoms with Gasteiger partial charge in [0.1, 0.15) is 5.01 Å². The number of urea groups is 1. The highest BCUT2D eigenvalue weighted by Gasteiger charge is 2.32. The lowest BCUT2D eigenvalue weighted by Gasteiger charge is -2.24. The molecule has 1 N–H and O–H groups in total. The van der Waals surface area contributed by atoms with Crippen LogP contribution in [-0.4, -0.2) is 42.2 Å². The molecule has 6 heteroatoms. The molecule has 1 aromatic heterocycles. The van der Waals surface area contributed by atoms with E-state index in [1.807, 2.05) is 23.1 Å². The van der Waals surface area contributed by atoms with Crippen molar-refractivity contribution in [2.75, 3.05) is 26.3 Å². The Morgan fingerprint density at radius 3 is 3.13 bits per heavy atom. The smallest absolute Gasteiger partial charge is 0.318 e. The molecule has 23 heavy (non-hydrogen) atoms. The van der Waals surface area contributed by atoms with E-state index in [1.165, 1.54) is 4.70 Å². The normalized spacial score (nSPS) is 24.4. The summed E-state index contributed by atoms with van der Waals surface area (Å²) in [6.45, 7) is 3.11. The molecule has 2 atom stereocenters. The number of amides is 2. The third-order valence-electron chi connectivity index (χ3n) is 4.68. The van der Waals surface area contributed by atoms with Crippen molar-refractivity contribution in [3.8, 4) is 0 Å². The Morgan fingerprint density at radius 1 is 1.39 bits per heavy atom. The second-order valence-corrected chi connectivity index (χ2v) is 7.35. The number of ether oxygens (including phenoxy) is 1. The van der Waals surface area contributed by atoms with E-state index in [2.05, 4.69) is 11.4 Å². The first-order valence-corrected chi connectivity index (χ1v) is 9.10. The molecular formula is C17H21N3O2S. The maximum Gasteiger partial charge on any atom is 0.318 e. The fourth-order valence-electron chi connectivity index (χ4n) is 3.38. The average Bonchev–Trinajstić information content (AvgIpc) is 3.31. The molecule has 0 spiro atoms. The van der Waals surface area contributed by atoms with Crippen molar-refractivity contribution in [3.05, 3.63) is 29.3 Å². The molecule has 2 amide bonds.